The highest BCUT2D eigenvalue weighted by Crippen LogP contribution is 2.25. The van der Waals surface area contributed by atoms with E-state index in [0.717, 1.165) is 5.56 Å². The highest BCUT2D eigenvalue weighted by molar-refractivity contribution is 5.95. The van der Waals surface area contributed by atoms with Crippen LogP contribution in [0.4, 0.5) is 5.69 Å². The zero-order valence-corrected chi connectivity index (χ0v) is 15.5. The third-order valence-electron chi connectivity index (χ3n) is 3.76. The van der Waals surface area contributed by atoms with Gasteiger partial charge in [0.1, 0.15) is 5.75 Å². The molecular weight excluding hydrogens is 348 g/mol. The molecule has 0 heterocycles. The Kier molecular flexibility index (Phi) is 6.54. The number of carboxylic acids is 1. The van der Waals surface area contributed by atoms with Gasteiger partial charge in [-0.1, -0.05) is 12.1 Å². The molecule has 0 aliphatic carbocycles. The summed E-state index contributed by atoms with van der Waals surface area (Å²) < 4.78 is 5.27. The topological polar surface area (TPSA) is 105 Å². The van der Waals surface area contributed by atoms with E-state index in [9.17, 15) is 14.4 Å². The zero-order valence-electron chi connectivity index (χ0n) is 15.5. The van der Waals surface area contributed by atoms with Gasteiger partial charge in [0.15, 0.2) is 6.61 Å². The van der Waals surface area contributed by atoms with Gasteiger partial charge in [-0.15, -0.1) is 0 Å². The van der Waals surface area contributed by atoms with Crippen molar-refractivity contribution in [3.05, 3.63) is 58.7 Å². The molecule has 0 fully saturated rings. The Morgan fingerprint density at radius 2 is 1.74 bits per heavy atom. The maximum atomic E-state index is 12.4. The van der Waals surface area contributed by atoms with E-state index in [-0.39, 0.29) is 11.8 Å². The monoisotopic (exact) mass is 370 g/mol. The second-order valence-corrected chi connectivity index (χ2v) is 6.19. The number of carbonyl (C=O) groups excluding carboxylic acids is 2. The summed E-state index contributed by atoms with van der Waals surface area (Å²) in [6, 6.07) is 10.5. The summed E-state index contributed by atoms with van der Waals surface area (Å²) in [6.07, 6.45) is 0. The number of hydrogen-bond acceptors (Lipinski definition) is 4. The minimum atomic E-state index is -1.06. The Labute approximate surface area is 157 Å². The third-order valence-corrected chi connectivity index (χ3v) is 3.76. The molecule has 2 aromatic rings. The standard InChI is InChI=1S/C20H22N2O5/c1-12-7-16(8-13(2)19(12)27-11-18(24)25)20(26)21-10-15-5-4-6-17(9-15)22-14(3)23/h4-9H,10-11H2,1-3H3,(H,21,26)(H,22,23)(H,24,25). The summed E-state index contributed by atoms with van der Waals surface area (Å²) in [6.45, 7) is 4.83. The summed E-state index contributed by atoms with van der Waals surface area (Å²) in [5, 5.41) is 14.3. The summed E-state index contributed by atoms with van der Waals surface area (Å²) in [5.74, 6) is -1.00. The predicted molar refractivity (Wildman–Crippen MR) is 101 cm³/mol. The first-order chi connectivity index (χ1) is 12.8. The molecule has 2 rings (SSSR count). The molecule has 3 N–H and O–H groups in total. The Morgan fingerprint density at radius 1 is 1.07 bits per heavy atom. The van der Waals surface area contributed by atoms with E-state index in [4.69, 9.17) is 9.84 Å². The maximum Gasteiger partial charge on any atom is 0.341 e. The average Bonchev–Trinajstić information content (AvgIpc) is 2.58. The SMILES string of the molecule is CC(=O)Nc1cccc(CNC(=O)c2cc(C)c(OCC(=O)O)c(C)c2)c1. The van der Waals surface area contributed by atoms with E-state index in [0.29, 0.717) is 34.7 Å². The lowest BCUT2D eigenvalue weighted by Crippen LogP contribution is -2.23. The zero-order chi connectivity index (χ0) is 20.0. The molecule has 0 aliphatic heterocycles. The first kappa shape index (κ1) is 20.0. The van der Waals surface area contributed by atoms with Crippen LogP contribution in [0.25, 0.3) is 0 Å². The van der Waals surface area contributed by atoms with Gasteiger partial charge in [0.25, 0.3) is 5.91 Å². The molecule has 0 aromatic heterocycles. The smallest absolute Gasteiger partial charge is 0.341 e. The molecule has 142 valence electrons. The summed E-state index contributed by atoms with van der Waals surface area (Å²) in [4.78, 5) is 34.2. The van der Waals surface area contributed by atoms with Crippen LogP contribution in [0.3, 0.4) is 0 Å². The minimum Gasteiger partial charge on any atom is -0.481 e. The second-order valence-electron chi connectivity index (χ2n) is 6.19. The lowest BCUT2D eigenvalue weighted by molar-refractivity contribution is -0.139. The third kappa shape index (κ3) is 5.85. The van der Waals surface area contributed by atoms with Crippen LogP contribution in [-0.4, -0.2) is 29.5 Å². The average molecular weight is 370 g/mol. The number of benzene rings is 2. The quantitative estimate of drug-likeness (QED) is 0.695. The lowest BCUT2D eigenvalue weighted by atomic mass is 10.0. The van der Waals surface area contributed by atoms with Crippen molar-refractivity contribution < 1.29 is 24.2 Å². The Hall–Kier alpha value is -3.35. The lowest BCUT2D eigenvalue weighted by Gasteiger charge is -2.13. The Morgan fingerprint density at radius 3 is 2.33 bits per heavy atom. The first-order valence-corrected chi connectivity index (χ1v) is 8.37. The van der Waals surface area contributed by atoms with E-state index in [1.807, 2.05) is 6.07 Å². The molecule has 0 saturated carbocycles. The van der Waals surface area contributed by atoms with Gasteiger partial charge >= 0.3 is 5.97 Å². The van der Waals surface area contributed by atoms with Crippen molar-refractivity contribution in [3.63, 3.8) is 0 Å². The number of nitrogens with one attached hydrogen (secondary N) is 2. The number of anilines is 1. The van der Waals surface area contributed by atoms with Crippen LogP contribution in [0.2, 0.25) is 0 Å². The van der Waals surface area contributed by atoms with Crippen molar-refractivity contribution in [2.75, 3.05) is 11.9 Å². The highest BCUT2D eigenvalue weighted by Gasteiger charge is 2.13. The molecule has 2 amide bonds. The first-order valence-electron chi connectivity index (χ1n) is 8.37. The van der Waals surface area contributed by atoms with Gasteiger partial charge in [-0.25, -0.2) is 4.79 Å². The molecule has 0 unspecified atom stereocenters. The van der Waals surface area contributed by atoms with Crippen molar-refractivity contribution >= 4 is 23.5 Å². The van der Waals surface area contributed by atoms with Crippen LogP contribution in [0.15, 0.2) is 36.4 Å². The molecule has 0 saturated heterocycles. The number of aliphatic carboxylic acids is 1. The van der Waals surface area contributed by atoms with Crippen LogP contribution in [0.1, 0.15) is 34.0 Å². The number of aryl methyl sites for hydroxylation is 2. The van der Waals surface area contributed by atoms with E-state index < -0.39 is 12.6 Å². The molecular formula is C20H22N2O5. The van der Waals surface area contributed by atoms with Gasteiger partial charge in [-0.3, -0.25) is 9.59 Å². The number of ether oxygens (including phenoxy) is 1. The fraction of sp³-hybridized carbons (Fsp3) is 0.250. The number of rotatable bonds is 7. The molecule has 0 spiro atoms. The fourth-order valence-corrected chi connectivity index (χ4v) is 2.69. The highest BCUT2D eigenvalue weighted by atomic mass is 16.5. The molecule has 2 aromatic carbocycles. The van der Waals surface area contributed by atoms with Crippen molar-refractivity contribution in [2.24, 2.45) is 0 Å². The Bertz CT molecular complexity index is 853. The predicted octanol–water partition coefficient (Wildman–Crippen LogP) is 2.66. The van der Waals surface area contributed by atoms with Crippen molar-refractivity contribution in [1.29, 1.82) is 0 Å². The number of carbonyl (C=O) groups is 3. The van der Waals surface area contributed by atoms with Crippen molar-refractivity contribution in [1.82, 2.24) is 5.32 Å². The summed E-state index contributed by atoms with van der Waals surface area (Å²) in [5.41, 5.74) is 3.36. The summed E-state index contributed by atoms with van der Waals surface area (Å²) >= 11 is 0. The maximum absolute atomic E-state index is 12.4. The molecule has 7 heteroatoms. The van der Waals surface area contributed by atoms with Gasteiger partial charge in [0.2, 0.25) is 5.91 Å². The molecule has 0 radical (unpaired) electrons. The van der Waals surface area contributed by atoms with E-state index in [1.165, 1.54) is 6.92 Å². The second kappa shape index (κ2) is 8.84. The fourth-order valence-electron chi connectivity index (χ4n) is 2.69. The number of hydrogen-bond donors (Lipinski definition) is 3. The molecule has 7 nitrogen and oxygen atoms in total. The van der Waals surface area contributed by atoms with Gasteiger partial charge < -0.3 is 20.5 Å². The van der Waals surface area contributed by atoms with Crippen LogP contribution in [-0.2, 0) is 16.1 Å². The van der Waals surface area contributed by atoms with Gasteiger partial charge in [-0.05, 0) is 54.8 Å². The molecule has 0 aliphatic rings. The normalized spacial score (nSPS) is 10.2. The van der Waals surface area contributed by atoms with Gasteiger partial charge in [-0.2, -0.15) is 0 Å². The molecule has 0 bridgehead atoms. The number of carboxylic acid groups (broad SMARTS) is 1. The van der Waals surface area contributed by atoms with Crippen LogP contribution < -0.4 is 15.4 Å². The van der Waals surface area contributed by atoms with Crippen LogP contribution in [0.5, 0.6) is 5.75 Å². The van der Waals surface area contributed by atoms with Crippen LogP contribution in [0, 0.1) is 13.8 Å². The molecule has 0 atom stereocenters. The largest absolute Gasteiger partial charge is 0.481 e. The number of amides is 2. The van der Waals surface area contributed by atoms with Gasteiger partial charge in [0.05, 0.1) is 0 Å². The summed E-state index contributed by atoms with van der Waals surface area (Å²) in [7, 11) is 0. The van der Waals surface area contributed by atoms with Crippen molar-refractivity contribution in [2.45, 2.75) is 27.3 Å². The van der Waals surface area contributed by atoms with Crippen LogP contribution >= 0.6 is 0 Å². The van der Waals surface area contributed by atoms with E-state index in [2.05, 4.69) is 10.6 Å². The van der Waals surface area contributed by atoms with Gasteiger partial charge in [0, 0.05) is 24.7 Å². The van der Waals surface area contributed by atoms with E-state index in [1.54, 1.807) is 44.2 Å². The molecule has 27 heavy (non-hydrogen) atoms. The minimum absolute atomic E-state index is 0.160. The van der Waals surface area contributed by atoms with Crippen molar-refractivity contribution in [3.8, 4) is 5.75 Å². The Balaban J connectivity index is 2.06. The van der Waals surface area contributed by atoms with E-state index >= 15 is 0 Å².